The molecule has 1 amide bonds. The Balaban J connectivity index is 1.52. The van der Waals surface area contributed by atoms with E-state index in [1.807, 2.05) is 0 Å². The molecular formula is C17H22N4O3. The van der Waals surface area contributed by atoms with Gasteiger partial charge < -0.3 is 13.9 Å². The Labute approximate surface area is 140 Å². The predicted octanol–water partition coefficient (Wildman–Crippen LogP) is 3.43. The number of hydrogen-bond acceptors (Lipinski definition) is 6. The van der Waals surface area contributed by atoms with Crippen LogP contribution in [0.15, 0.2) is 15.1 Å². The van der Waals surface area contributed by atoms with Crippen LogP contribution in [0.1, 0.15) is 91.8 Å². The minimum absolute atomic E-state index is 0.133. The van der Waals surface area contributed by atoms with Crippen LogP contribution in [0.2, 0.25) is 0 Å². The van der Waals surface area contributed by atoms with E-state index in [9.17, 15) is 4.79 Å². The van der Waals surface area contributed by atoms with Crippen LogP contribution in [0, 0.1) is 0 Å². The zero-order valence-corrected chi connectivity index (χ0v) is 14.1. The summed E-state index contributed by atoms with van der Waals surface area (Å²) < 4.78 is 10.6. The summed E-state index contributed by atoms with van der Waals surface area (Å²) in [4.78, 5) is 19.1. The van der Waals surface area contributed by atoms with Gasteiger partial charge in [-0.2, -0.15) is 4.98 Å². The van der Waals surface area contributed by atoms with Crippen LogP contribution in [0.3, 0.4) is 0 Å². The predicted molar refractivity (Wildman–Crippen MR) is 84.5 cm³/mol. The van der Waals surface area contributed by atoms with Crippen LogP contribution in [-0.2, 0) is 0 Å². The number of hydrogen-bond donors (Lipinski definition) is 0. The first-order chi connectivity index (χ1) is 11.7. The van der Waals surface area contributed by atoms with E-state index in [4.69, 9.17) is 9.05 Å². The van der Waals surface area contributed by atoms with E-state index in [1.54, 1.807) is 11.0 Å². The van der Waals surface area contributed by atoms with Crippen LogP contribution < -0.4 is 0 Å². The molecule has 128 valence electrons. The summed E-state index contributed by atoms with van der Waals surface area (Å²) in [6, 6.07) is 1.63. The maximum absolute atomic E-state index is 12.8. The third-order valence-corrected chi connectivity index (χ3v) is 5.05. The van der Waals surface area contributed by atoms with Crippen molar-refractivity contribution in [2.24, 2.45) is 0 Å². The van der Waals surface area contributed by atoms with Crippen molar-refractivity contribution in [3.8, 4) is 0 Å². The quantitative estimate of drug-likeness (QED) is 0.835. The number of carbonyl (C=O) groups excluding carboxylic acids is 1. The van der Waals surface area contributed by atoms with Gasteiger partial charge in [-0.3, -0.25) is 4.79 Å². The monoisotopic (exact) mass is 330 g/mol. The second kappa shape index (κ2) is 6.03. The van der Waals surface area contributed by atoms with E-state index in [1.165, 1.54) is 0 Å². The molecule has 2 fully saturated rings. The molecule has 0 radical (unpaired) electrons. The highest BCUT2D eigenvalue weighted by Gasteiger charge is 2.37. The minimum atomic E-state index is -0.141. The molecule has 1 saturated carbocycles. The Morgan fingerprint density at radius 3 is 2.92 bits per heavy atom. The molecule has 0 aromatic carbocycles. The molecule has 1 aliphatic carbocycles. The SMILES string of the molecule is CCC(C)c1cc(C(=O)N2CCCC2c2noc(C3CC3)n2)on1. The lowest BCUT2D eigenvalue weighted by atomic mass is 10.1. The van der Waals surface area contributed by atoms with E-state index in [-0.39, 0.29) is 17.9 Å². The van der Waals surface area contributed by atoms with Gasteiger partial charge in [0.2, 0.25) is 11.7 Å². The summed E-state index contributed by atoms with van der Waals surface area (Å²) in [5.74, 6) is 2.18. The topological polar surface area (TPSA) is 85.3 Å². The van der Waals surface area contributed by atoms with Gasteiger partial charge in [-0.1, -0.05) is 24.2 Å². The first-order valence-electron chi connectivity index (χ1n) is 8.78. The molecule has 4 rings (SSSR count). The van der Waals surface area contributed by atoms with E-state index in [0.29, 0.717) is 29.9 Å². The van der Waals surface area contributed by atoms with Crippen molar-refractivity contribution in [2.45, 2.75) is 63.8 Å². The smallest absolute Gasteiger partial charge is 0.293 e. The summed E-state index contributed by atoms with van der Waals surface area (Å²) >= 11 is 0. The molecular weight excluding hydrogens is 308 g/mol. The molecule has 2 aromatic rings. The standard InChI is InChI=1S/C17H22N4O3/c1-3-10(2)12-9-14(23-19-12)17(22)21-8-4-5-13(21)15-18-16(24-20-15)11-6-7-11/h9-11,13H,3-8H2,1-2H3. The molecule has 0 N–H and O–H groups in total. The van der Waals surface area contributed by atoms with Gasteiger partial charge in [0.1, 0.15) is 0 Å². The Hall–Kier alpha value is -2.18. The lowest BCUT2D eigenvalue weighted by molar-refractivity contribution is 0.0686. The first kappa shape index (κ1) is 15.4. The third-order valence-electron chi connectivity index (χ3n) is 5.05. The average molecular weight is 330 g/mol. The van der Waals surface area contributed by atoms with Crippen LogP contribution in [0.25, 0.3) is 0 Å². The molecule has 2 aromatic heterocycles. The van der Waals surface area contributed by atoms with Crippen LogP contribution >= 0.6 is 0 Å². The van der Waals surface area contributed by atoms with Crippen molar-refractivity contribution in [3.63, 3.8) is 0 Å². The van der Waals surface area contributed by atoms with Crippen LogP contribution in [0.4, 0.5) is 0 Å². The number of rotatable bonds is 5. The fourth-order valence-corrected chi connectivity index (χ4v) is 3.13. The molecule has 1 saturated heterocycles. The summed E-state index contributed by atoms with van der Waals surface area (Å²) in [5.41, 5.74) is 0.826. The Morgan fingerprint density at radius 2 is 2.17 bits per heavy atom. The maximum Gasteiger partial charge on any atom is 0.293 e. The second-order valence-corrected chi connectivity index (χ2v) is 6.85. The van der Waals surface area contributed by atoms with Gasteiger partial charge in [-0.25, -0.2) is 0 Å². The molecule has 0 spiro atoms. The van der Waals surface area contributed by atoms with Crippen molar-refractivity contribution >= 4 is 5.91 Å². The molecule has 2 atom stereocenters. The molecule has 24 heavy (non-hydrogen) atoms. The Morgan fingerprint density at radius 1 is 1.33 bits per heavy atom. The lowest BCUT2D eigenvalue weighted by Gasteiger charge is -2.20. The molecule has 7 heteroatoms. The second-order valence-electron chi connectivity index (χ2n) is 6.85. The van der Waals surface area contributed by atoms with Crippen molar-refractivity contribution < 1.29 is 13.8 Å². The van der Waals surface area contributed by atoms with Gasteiger partial charge in [0.25, 0.3) is 5.91 Å². The normalized spacial score (nSPS) is 22.1. The highest BCUT2D eigenvalue weighted by Crippen LogP contribution is 2.40. The third kappa shape index (κ3) is 2.72. The molecule has 7 nitrogen and oxygen atoms in total. The first-order valence-corrected chi connectivity index (χ1v) is 8.78. The highest BCUT2D eigenvalue weighted by atomic mass is 16.5. The summed E-state index contributed by atoms with van der Waals surface area (Å²) in [6.07, 6.45) is 4.97. The number of nitrogens with zero attached hydrogens (tertiary/aromatic N) is 4. The van der Waals surface area contributed by atoms with Crippen molar-refractivity contribution in [1.29, 1.82) is 0 Å². The molecule has 2 aliphatic rings. The van der Waals surface area contributed by atoms with Crippen molar-refractivity contribution in [2.75, 3.05) is 6.54 Å². The molecule has 1 aliphatic heterocycles. The summed E-state index contributed by atoms with van der Waals surface area (Å²) in [6.45, 7) is 4.84. The average Bonchev–Trinajstić information content (AvgIpc) is 3.04. The molecule has 0 bridgehead atoms. The maximum atomic E-state index is 12.8. The largest absolute Gasteiger partial charge is 0.351 e. The Bertz CT molecular complexity index is 734. The van der Waals surface area contributed by atoms with Crippen molar-refractivity contribution in [3.05, 3.63) is 29.2 Å². The molecule has 2 unspecified atom stereocenters. The van der Waals surface area contributed by atoms with Crippen molar-refractivity contribution in [1.82, 2.24) is 20.2 Å². The van der Waals surface area contributed by atoms with Gasteiger partial charge in [0.05, 0.1) is 11.7 Å². The lowest BCUT2D eigenvalue weighted by Crippen LogP contribution is -2.30. The zero-order valence-electron chi connectivity index (χ0n) is 14.1. The number of aromatic nitrogens is 3. The van der Waals surface area contributed by atoms with Gasteiger partial charge in [-0.15, -0.1) is 0 Å². The fraction of sp³-hybridized carbons (Fsp3) is 0.647. The Kier molecular flexibility index (Phi) is 3.86. The van der Waals surface area contributed by atoms with E-state index in [0.717, 1.165) is 37.8 Å². The number of carbonyl (C=O) groups is 1. The summed E-state index contributed by atoms with van der Waals surface area (Å²) in [7, 11) is 0. The van der Waals surface area contributed by atoms with E-state index >= 15 is 0 Å². The van der Waals surface area contributed by atoms with Gasteiger partial charge in [-0.05, 0) is 32.1 Å². The number of likely N-dealkylation sites (tertiary alicyclic amines) is 1. The van der Waals surface area contributed by atoms with Crippen LogP contribution in [-0.4, -0.2) is 32.6 Å². The van der Waals surface area contributed by atoms with E-state index in [2.05, 4.69) is 29.1 Å². The highest BCUT2D eigenvalue weighted by molar-refractivity contribution is 5.92. The van der Waals surface area contributed by atoms with Gasteiger partial charge in [0, 0.05) is 24.4 Å². The van der Waals surface area contributed by atoms with Gasteiger partial charge in [0.15, 0.2) is 5.82 Å². The van der Waals surface area contributed by atoms with Crippen LogP contribution in [0.5, 0.6) is 0 Å². The van der Waals surface area contributed by atoms with Gasteiger partial charge >= 0.3 is 0 Å². The van der Waals surface area contributed by atoms with E-state index < -0.39 is 0 Å². The summed E-state index contributed by atoms with van der Waals surface area (Å²) in [5, 5.41) is 8.15. The number of amides is 1. The minimum Gasteiger partial charge on any atom is -0.351 e. The zero-order chi connectivity index (χ0) is 16.7. The fourth-order valence-electron chi connectivity index (χ4n) is 3.13. The molecule has 3 heterocycles.